The molecule has 1 fully saturated rings. The van der Waals surface area contributed by atoms with Crippen LogP contribution in [0.25, 0.3) is 11.2 Å². The molecule has 1 aliphatic heterocycles. The molecule has 1 aliphatic rings. The van der Waals surface area contributed by atoms with E-state index in [-0.39, 0.29) is 6.61 Å². The molecule has 3 atom stereocenters. The maximum atomic E-state index is 9.98. The van der Waals surface area contributed by atoms with Gasteiger partial charge in [0.2, 0.25) is 5.82 Å². The van der Waals surface area contributed by atoms with Gasteiger partial charge in [0, 0.05) is 19.5 Å². The summed E-state index contributed by atoms with van der Waals surface area (Å²) in [4.78, 5) is 11.1. The molecule has 1 saturated heterocycles. The normalized spacial score (nSPS) is 22.9. The Morgan fingerprint density at radius 3 is 2.61 bits per heavy atom. The molecule has 0 aromatic carbocycles. The summed E-state index contributed by atoms with van der Waals surface area (Å²) < 4.78 is 7.39. The van der Waals surface area contributed by atoms with Crippen molar-refractivity contribution in [1.29, 1.82) is 0 Å². The second kappa shape index (κ2) is 8.89. The summed E-state index contributed by atoms with van der Waals surface area (Å²) in [7, 11) is 0. The second-order valence-corrected chi connectivity index (χ2v) is 8.04. The molecule has 0 unspecified atom stereocenters. The third-order valence-electron chi connectivity index (χ3n) is 4.50. The van der Waals surface area contributed by atoms with Crippen LogP contribution < -0.4 is 0 Å². The topological polar surface area (TPSA) is 122 Å². The molecule has 28 heavy (non-hydrogen) atoms. The highest BCUT2D eigenvalue weighted by Crippen LogP contribution is 2.31. The van der Waals surface area contributed by atoms with Gasteiger partial charge in [0.05, 0.1) is 25.4 Å². The Labute approximate surface area is 164 Å². The van der Waals surface area contributed by atoms with Gasteiger partial charge in [-0.25, -0.2) is 9.98 Å². The van der Waals surface area contributed by atoms with Crippen molar-refractivity contribution < 1.29 is 14.9 Å². The van der Waals surface area contributed by atoms with Crippen molar-refractivity contribution in [2.24, 2.45) is 16.8 Å². The Morgan fingerprint density at radius 2 is 2.00 bits per heavy atom. The number of rotatable bonds is 8. The summed E-state index contributed by atoms with van der Waals surface area (Å²) in [6.45, 7) is 10.2. The molecule has 0 spiro atoms. The van der Waals surface area contributed by atoms with Crippen molar-refractivity contribution in [3.05, 3.63) is 6.33 Å². The van der Waals surface area contributed by atoms with Gasteiger partial charge < -0.3 is 19.8 Å². The maximum absolute atomic E-state index is 9.98. The van der Waals surface area contributed by atoms with Crippen molar-refractivity contribution in [2.45, 2.75) is 52.6 Å². The molecule has 2 aromatic heterocycles. The molecule has 154 valence electrons. The van der Waals surface area contributed by atoms with Gasteiger partial charge in [-0.1, -0.05) is 27.7 Å². The van der Waals surface area contributed by atoms with Crippen molar-refractivity contribution >= 4 is 23.3 Å². The standard InChI is InChI=1S/C18H29N7O3/c1-11(2)6-24(7-12(3)4)9-20-17-16-18(22-23-21-17)25(10-19-16)15-5-13(27)14(8-26)28-15/h9-15,26-27H,5-8H2,1-4H3/b20-9-/t13-,14+,15+/m0/s1. The van der Waals surface area contributed by atoms with Crippen molar-refractivity contribution in [3.8, 4) is 0 Å². The lowest BCUT2D eigenvalue weighted by molar-refractivity contribution is -0.0432. The number of hydrogen-bond acceptors (Lipinski definition) is 8. The van der Waals surface area contributed by atoms with Crippen LogP contribution in [0.1, 0.15) is 40.3 Å². The number of hydrogen-bond donors (Lipinski definition) is 2. The van der Waals surface area contributed by atoms with Gasteiger partial charge in [-0.2, -0.15) is 0 Å². The van der Waals surface area contributed by atoms with Crippen molar-refractivity contribution in [3.63, 3.8) is 0 Å². The zero-order chi connectivity index (χ0) is 20.3. The Hall–Kier alpha value is -2.17. The fourth-order valence-corrected chi connectivity index (χ4v) is 3.36. The number of aromatic nitrogens is 5. The Morgan fingerprint density at radius 1 is 1.29 bits per heavy atom. The van der Waals surface area contributed by atoms with E-state index in [0.717, 1.165) is 13.1 Å². The van der Waals surface area contributed by atoms with Gasteiger partial charge in [0.25, 0.3) is 0 Å². The minimum Gasteiger partial charge on any atom is -0.394 e. The van der Waals surface area contributed by atoms with E-state index in [1.54, 1.807) is 17.2 Å². The molecule has 2 N–H and O–H groups in total. The largest absolute Gasteiger partial charge is 0.394 e. The number of aliphatic hydroxyl groups excluding tert-OH is 2. The predicted octanol–water partition coefficient (Wildman–Crippen LogP) is 1.14. The molecule has 10 heteroatoms. The molecule has 0 saturated carbocycles. The SMILES string of the molecule is CC(C)CN(/C=N\c1nnnc2c1ncn2[C@H]1C[C@H](O)[C@@H](CO)O1)CC(C)C. The zero-order valence-corrected chi connectivity index (χ0v) is 16.8. The lowest BCUT2D eigenvalue weighted by Crippen LogP contribution is -2.30. The van der Waals surface area contributed by atoms with E-state index in [0.29, 0.717) is 35.2 Å². The van der Waals surface area contributed by atoms with Crippen LogP contribution in [-0.2, 0) is 4.74 Å². The smallest absolute Gasteiger partial charge is 0.207 e. The van der Waals surface area contributed by atoms with Crippen LogP contribution in [0.4, 0.5) is 5.82 Å². The van der Waals surface area contributed by atoms with E-state index in [9.17, 15) is 10.2 Å². The molecule has 0 aliphatic carbocycles. The molecule has 2 aromatic rings. The number of aliphatic imine (C=N–C) groups is 1. The fourth-order valence-electron chi connectivity index (χ4n) is 3.36. The quantitative estimate of drug-likeness (QED) is 0.507. The summed E-state index contributed by atoms with van der Waals surface area (Å²) in [5.41, 5.74) is 1.00. The molecule has 0 radical (unpaired) electrons. The maximum Gasteiger partial charge on any atom is 0.207 e. The minimum absolute atomic E-state index is 0.241. The summed E-state index contributed by atoms with van der Waals surface area (Å²) in [5, 5.41) is 31.2. The van der Waals surface area contributed by atoms with Crippen LogP contribution in [0, 0.1) is 11.8 Å². The Balaban J connectivity index is 1.84. The molecule has 0 bridgehead atoms. The third-order valence-corrected chi connectivity index (χ3v) is 4.50. The number of aliphatic hydroxyl groups is 2. The first-order valence-electron chi connectivity index (χ1n) is 9.67. The van der Waals surface area contributed by atoms with E-state index >= 15 is 0 Å². The Kier molecular flexibility index (Phi) is 6.53. The average Bonchev–Trinajstić information content (AvgIpc) is 3.22. The lowest BCUT2D eigenvalue weighted by Gasteiger charge is -2.23. The average molecular weight is 391 g/mol. The van der Waals surface area contributed by atoms with Crippen molar-refractivity contribution in [2.75, 3.05) is 19.7 Å². The van der Waals surface area contributed by atoms with Gasteiger partial charge in [0.1, 0.15) is 12.3 Å². The molecule has 3 heterocycles. The van der Waals surface area contributed by atoms with Gasteiger partial charge in [-0.05, 0) is 17.0 Å². The van der Waals surface area contributed by atoms with E-state index in [1.165, 1.54) is 0 Å². The van der Waals surface area contributed by atoms with E-state index in [2.05, 4.69) is 58.0 Å². The van der Waals surface area contributed by atoms with Crippen LogP contribution in [0.2, 0.25) is 0 Å². The summed E-state index contributed by atoms with van der Waals surface area (Å²) in [6.07, 6.45) is 1.90. The Bertz CT molecular complexity index is 798. The summed E-state index contributed by atoms with van der Waals surface area (Å²) in [5.74, 6) is 1.41. The number of imidazole rings is 1. The highest BCUT2D eigenvalue weighted by atomic mass is 16.5. The lowest BCUT2D eigenvalue weighted by atomic mass is 10.1. The number of nitrogens with zero attached hydrogens (tertiary/aromatic N) is 7. The van der Waals surface area contributed by atoms with Gasteiger partial charge in [0.15, 0.2) is 11.2 Å². The van der Waals surface area contributed by atoms with Crippen LogP contribution in [0.15, 0.2) is 11.3 Å². The van der Waals surface area contributed by atoms with E-state index in [4.69, 9.17) is 4.74 Å². The number of ether oxygens (including phenoxy) is 1. The molecule has 3 rings (SSSR count). The fraction of sp³-hybridized carbons (Fsp3) is 0.722. The van der Waals surface area contributed by atoms with Gasteiger partial charge in [-0.3, -0.25) is 4.57 Å². The van der Waals surface area contributed by atoms with E-state index < -0.39 is 18.4 Å². The van der Waals surface area contributed by atoms with Gasteiger partial charge >= 0.3 is 0 Å². The van der Waals surface area contributed by atoms with Crippen LogP contribution >= 0.6 is 0 Å². The number of fused-ring (bicyclic) bond motifs is 1. The van der Waals surface area contributed by atoms with E-state index in [1.807, 2.05) is 0 Å². The molecular weight excluding hydrogens is 362 g/mol. The molecular formula is C18H29N7O3. The third kappa shape index (κ3) is 4.62. The minimum atomic E-state index is -0.736. The first-order valence-corrected chi connectivity index (χ1v) is 9.67. The predicted molar refractivity (Wildman–Crippen MR) is 104 cm³/mol. The molecule has 10 nitrogen and oxygen atoms in total. The zero-order valence-electron chi connectivity index (χ0n) is 16.8. The van der Waals surface area contributed by atoms with Crippen LogP contribution in [-0.4, -0.2) is 78.3 Å². The van der Waals surface area contributed by atoms with Crippen molar-refractivity contribution in [1.82, 2.24) is 29.9 Å². The van der Waals surface area contributed by atoms with Gasteiger partial charge in [-0.15, -0.1) is 10.2 Å². The first-order chi connectivity index (χ1) is 13.4. The summed E-state index contributed by atoms with van der Waals surface area (Å²) in [6, 6.07) is 0. The molecule has 0 amide bonds. The highest BCUT2D eigenvalue weighted by molar-refractivity contribution is 5.82. The van der Waals surface area contributed by atoms with Crippen LogP contribution in [0.3, 0.4) is 0 Å². The van der Waals surface area contributed by atoms with Crippen LogP contribution in [0.5, 0.6) is 0 Å². The first kappa shape index (κ1) is 20.6. The highest BCUT2D eigenvalue weighted by Gasteiger charge is 2.35. The summed E-state index contributed by atoms with van der Waals surface area (Å²) >= 11 is 0. The second-order valence-electron chi connectivity index (χ2n) is 8.04. The monoisotopic (exact) mass is 391 g/mol.